The summed E-state index contributed by atoms with van der Waals surface area (Å²) in [7, 11) is 1.55. The van der Waals surface area contributed by atoms with Crippen molar-refractivity contribution in [2.75, 3.05) is 66.3 Å². The van der Waals surface area contributed by atoms with Gasteiger partial charge in [0.05, 0.1) is 38.5 Å². The van der Waals surface area contributed by atoms with Gasteiger partial charge >= 0.3 is 0 Å². The summed E-state index contributed by atoms with van der Waals surface area (Å²) in [5, 5.41) is 11.5. The zero-order valence-electron chi connectivity index (χ0n) is 23.0. The second-order valence-electron chi connectivity index (χ2n) is 9.92. The van der Waals surface area contributed by atoms with Crippen LogP contribution in [0.5, 0.6) is 23.0 Å². The van der Waals surface area contributed by atoms with Crippen LogP contribution in [0.25, 0.3) is 5.76 Å². The van der Waals surface area contributed by atoms with E-state index in [1.54, 1.807) is 37.4 Å². The van der Waals surface area contributed by atoms with Gasteiger partial charge in [-0.25, -0.2) is 0 Å². The van der Waals surface area contributed by atoms with E-state index in [-0.39, 0.29) is 11.3 Å². The number of fused-ring (bicyclic) bond motifs is 1. The fourth-order valence-electron chi connectivity index (χ4n) is 5.18. The number of aliphatic hydroxyl groups is 1. The quantitative estimate of drug-likeness (QED) is 0.205. The van der Waals surface area contributed by atoms with Gasteiger partial charge < -0.3 is 33.7 Å². The predicted octanol–water partition coefficient (Wildman–Crippen LogP) is 3.40. The molecule has 2 fully saturated rings. The lowest BCUT2D eigenvalue weighted by atomic mass is 9.94. The summed E-state index contributed by atoms with van der Waals surface area (Å²) >= 11 is 0. The minimum absolute atomic E-state index is 0.0189. The monoisotopic (exact) mass is 552 g/mol. The molecule has 0 bridgehead atoms. The van der Waals surface area contributed by atoms with Crippen molar-refractivity contribution in [1.29, 1.82) is 0 Å². The van der Waals surface area contributed by atoms with Gasteiger partial charge in [0, 0.05) is 31.7 Å². The van der Waals surface area contributed by atoms with Gasteiger partial charge in [0.15, 0.2) is 23.0 Å². The van der Waals surface area contributed by atoms with E-state index < -0.39 is 17.7 Å². The number of amides is 1. The molecule has 2 aromatic carbocycles. The third-order valence-electron chi connectivity index (χ3n) is 7.38. The predicted molar refractivity (Wildman–Crippen MR) is 147 cm³/mol. The second-order valence-corrected chi connectivity index (χ2v) is 9.92. The fraction of sp³-hybridized carbons (Fsp3) is 0.467. The Morgan fingerprint density at radius 1 is 0.975 bits per heavy atom. The molecule has 1 atom stereocenters. The number of hydrogen-bond donors (Lipinski definition) is 1. The summed E-state index contributed by atoms with van der Waals surface area (Å²) in [6, 6.07) is 9.55. The minimum Gasteiger partial charge on any atom is -0.507 e. The molecule has 0 aliphatic carbocycles. The van der Waals surface area contributed by atoms with Crippen LogP contribution in [0, 0.1) is 0 Å². The third kappa shape index (κ3) is 5.73. The van der Waals surface area contributed by atoms with Crippen molar-refractivity contribution in [3.05, 3.63) is 53.1 Å². The lowest BCUT2D eigenvalue weighted by molar-refractivity contribution is -0.140. The number of rotatable bonds is 10. The number of unbranched alkanes of at least 4 members (excludes halogenated alkanes) is 1. The number of nitrogens with zero attached hydrogens (tertiary/aromatic N) is 2. The molecule has 3 aliphatic heterocycles. The number of Topliss-reactive ketones (excluding diaryl/α,β-unsaturated/α-hetero) is 1. The molecule has 10 nitrogen and oxygen atoms in total. The van der Waals surface area contributed by atoms with Gasteiger partial charge in [-0.2, -0.15) is 0 Å². The lowest BCUT2D eigenvalue weighted by Gasteiger charge is -2.31. The molecule has 2 aromatic rings. The Labute approximate surface area is 234 Å². The van der Waals surface area contributed by atoms with Crippen molar-refractivity contribution in [3.63, 3.8) is 0 Å². The van der Waals surface area contributed by atoms with Crippen LogP contribution in [0.2, 0.25) is 0 Å². The summed E-state index contributed by atoms with van der Waals surface area (Å²) < 4.78 is 28.2. The molecule has 5 rings (SSSR count). The standard InChI is InChI=1S/C30H36N2O8/c1-3-4-13-38-22-7-5-20(18-24(22)36-2)27-26(28(33)21-6-8-23-25(19-21)40-17-16-39-23)29(34)30(35)32(27)10-9-31-11-14-37-15-12-31/h5-8,18-19,27,33H,3-4,9-17H2,1-2H3/t27-/m1/s1. The Hall–Kier alpha value is -3.76. The number of benzene rings is 2. The number of carbonyl (C=O) groups excluding carboxylic acids is 2. The fourth-order valence-corrected chi connectivity index (χ4v) is 5.18. The first-order valence-electron chi connectivity index (χ1n) is 13.8. The van der Waals surface area contributed by atoms with Gasteiger partial charge in [-0.05, 0) is 42.3 Å². The van der Waals surface area contributed by atoms with Crippen LogP contribution < -0.4 is 18.9 Å². The molecular weight excluding hydrogens is 516 g/mol. The van der Waals surface area contributed by atoms with E-state index in [9.17, 15) is 14.7 Å². The molecule has 3 heterocycles. The zero-order chi connectivity index (χ0) is 28.1. The maximum atomic E-state index is 13.5. The summed E-state index contributed by atoms with van der Waals surface area (Å²) in [4.78, 5) is 30.7. The van der Waals surface area contributed by atoms with Gasteiger partial charge in [-0.15, -0.1) is 0 Å². The number of hydrogen-bond acceptors (Lipinski definition) is 9. The Morgan fingerprint density at radius 3 is 2.50 bits per heavy atom. The smallest absolute Gasteiger partial charge is 0.295 e. The van der Waals surface area contributed by atoms with Gasteiger partial charge in [-0.1, -0.05) is 19.4 Å². The van der Waals surface area contributed by atoms with Crippen molar-refractivity contribution < 1.29 is 38.4 Å². The summed E-state index contributed by atoms with van der Waals surface area (Å²) in [5.74, 6) is 0.457. The van der Waals surface area contributed by atoms with E-state index in [0.29, 0.717) is 80.2 Å². The number of carbonyl (C=O) groups is 2. The Balaban J connectivity index is 1.54. The molecule has 40 heavy (non-hydrogen) atoms. The highest BCUT2D eigenvalue weighted by Crippen LogP contribution is 2.43. The van der Waals surface area contributed by atoms with E-state index in [1.807, 2.05) is 6.07 Å². The summed E-state index contributed by atoms with van der Waals surface area (Å²) in [5.41, 5.74) is 1.03. The molecule has 0 unspecified atom stereocenters. The minimum atomic E-state index is -0.812. The number of likely N-dealkylation sites (tertiary alicyclic amines) is 1. The van der Waals surface area contributed by atoms with Gasteiger partial charge in [0.1, 0.15) is 19.0 Å². The van der Waals surface area contributed by atoms with Crippen LogP contribution in [0.1, 0.15) is 36.9 Å². The topological polar surface area (TPSA) is 107 Å². The Kier molecular flexibility index (Phi) is 8.76. The van der Waals surface area contributed by atoms with Crippen LogP contribution in [0.3, 0.4) is 0 Å². The van der Waals surface area contributed by atoms with Crippen molar-refractivity contribution in [3.8, 4) is 23.0 Å². The largest absolute Gasteiger partial charge is 0.507 e. The second kappa shape index (κ2) is 12.6. The molecule has 0 radical (unpaired) electrons. The zero-order valence-corrected chi connectivity index (χ0v) is 23.0. The van der Waals surface area contributed by atoms with Crippen LogP contribution in [-0.4, -0.2) is 92.9 Å². The lowest BCUT2D eigenvalue weighted by Crippen LogP contribution is -2.42. The van der Waals surface area contributed by atoms with Crippen molar-refractivity contribution >= 4 is 17.4 Å². The van der Waals surface area contributed by atoms with E-state index in [2.05, 4.69) is 11.8 Å². The maximum absolute atomic E-state index is 13.5. The number of aliphatic hydroxyl groups excluding tert-OH is 1. The molecular formula is C30H36N2O8. The average Bonchev–Trinajstić information content (AvgIpc) is 3.25. The third-order valence-corrected chi connectivity index (χ3v) is 7.38. The molecule has 0 aromatic heterocycles. The van der Waals surface area contributed by atoms with Crippen LogP contribution in [-0.2, 0) is 14.3 Å². The molecule has 0 spiro atoms. The van der Waals surface area contributed by atoms with Crippen LogP contribution in [0.15, 0.2) is 42.0 Å². The molecule has 2 saturated heterocycles. The van der Waals surface area contributed by atoms with Crippen molar-refractivity contribution in [2.24, 2.45) is 0 Å². The molecule has 0 saturated carbocycles. The Bertz CT molecular complexity index is 1270. The Morgan fingerprint density at radius 2 is 1.75 bits per heavy atom. The number of ether oxygens (including phenoxy) is 5. The first kappa shape index (κ1) is 27.8. The van der Waals surface area contributed by atoms with Crippen molar-refractivity contribution in [2.45, 2.75) is 25.8 Å². The molecule has 1 amide bonds. The maximum Gasteiger partial charge on any atom is 0.295 e. The van der Waals surface area contributed by atoms with Gasteiger partial charge in [-0.3, -0.25) is 14.5 Å². The van der Waals surface area contributed by atoms with Crippen LogP contribution in [0.4, 0.5) is 0 Å². The molecule has 214 valence electrons. The molecule has 1 N–H and O–H groups in total. The van der Waals surface area contributed by atoms with E-state index >= 15 is 0 Å². The van der Waals surface area contributed by atoms with E-state index in [0.717, 1.165) is 25.9 Å². The number of ketones is 1. The molecule has 10 heteroatoms. The van der Waals surface area contributed by atoms with E-state index in [1.165, 1.54) is 4.90 Å². The highest BCUT2D eigenvalue weighted by molar-refractivity contribution is 6.46. The summed E-state index contributed by atoms with van der Waals surface area (Å²) in [6.45, 7) is 7.11. The van der Waals surface area contributed by atoms with E-state index in [4.69, 9.17) is 23.7 Å². The SMILES string of the molecule is CCCCOc1ccc([C@@H]2C(=C(O)c3ccc4c(c3)OCCO4)C(=O)C(=O)N2CCN2CCOCC2)cc1OC. The first-order chi connectivity index (χ1) is 19.5. The first-order valence-corrected chi connectivity index (χ1v) is 13.8. The number of morpholine rings is 1. The highest BCUT2D eigenvalue weighted by Gasteiger charge is 2.46. The van der Waals surface area contributed by atoms with Gasteiger partial charge in [0.2, 0.25) is 0 Å². The normalized spacial score (nSPS) is 20.6. The van der Waals surface area contributed by atoms with Crippen LogP contribution >= 0.6 is 0 Å². The highest BCUT2D eigenvalue weighted by atomic mass is 16.6. The van der Waals surface area contributed by atoms with Gasteiger partial charge in [0.25, 0.3) is 11.7 Å². The summed E-state index contributed by atoms with van der Waals surface area (Å²) in [6.07, 6.45) is 1.90. The molecule has 3 aliphatic rings. The van der Waals surface area contributed by atoms with Crippen molar-refractivity contribution in [1.82, 2.24) is 9.80 Å². The average molecular weight is 553 g/mol. The number of methoxy groups -OCH3 is 1.